The van der Waals surface area contributed by atoms with Gasteiger partial charge in [0.05, 0.1) is 17.5 Å². The van der Waals surface area contributed by atoms with E-state index in [4.69, 9.17) is 34.4 Å². The van der Waals surface area contributed by atoms with Gasteiger partial charge in [0.15, 0.2) is 0 Å². The first-order valence-electron chi connectivity index (χ1n) is 5.61. The lowest BCUT2D eigenvalue weighted by molar-refractivity contribution is 0.0607. The van der Waals surface area contributed by atoms with E-state index < -0.39 is 11.6 Å². The fraction of sp³-hybridized carbons (Fsp3) is 0.429. The maximum absolute atomic E-state index is 14.2. The number of ether oxygens (including phenoxy) is 1. The van der Waals surface area contributed by atoms with Crippen LogP contribution in [0.4, 0.5) is 4.39 Å². The molecule has 1 heterocycles. The van der Waals surface area contributed by atoms with Crippen molar-refractivity contribution >= 4 is 23.2 Å². The average molecular weight is 287 g/mol. The molecule has 2 unspecified atom stereocenters. The molecule has 1 aromatic carbocycles. The van der Waals surface area contributed by atoms with Crippen LogP contribution in [0, 0.1) is 18.3 Å². The van der Waals surface area contributed by atoms with Gasteiger partial charge >= 0.3 is 0 Å². The summed E-state index contributed by atoms with van der Waals surface area (Å²) < 4.78 is 19.7. The molecule has 0 saturated heterocycles. The monoisotopic (exact) mass is 286 g/mol. The molecule has 1 aliphatic rings. The molecule has 1 aromatic rings. The van der Waals surface area contributed by atoms with Crippen molar-refractivity contribution in [1.82, 2.24) is 0 Å². The smallest absolute Gasteiger partial charge is 0.142 e. The van der Waals surface area contributed by atoms with Crippen molar-refractivity contribution in [2.24, 2.45) is 5.92 Å². The van der Waals surface area contributed by atoms with Crippen molar-refractivity contribution in [3.8, 4) is 18.1 Å². The molecule has 0 amide bonds. The van der Waals surface area contributed by atoms with E-state index in [1.54, 1.807) is 12.1 Å². The Kier molecular flexibility index (Phi) is 3.49. The van der Waals surface area contributed by atoms with Gasteiger partial charge in [0, 0.05) is 16.5 Å². The van der Waals surface area contributed by atoms with Crippen LogP contribution >= 0.6 is 23.2 Å². The van der Waals surface area contributed by atoms with Crippen LogP contribution in [0.3, 0.4) is 0 Å². The summed E-state index contributed by atoms with van der Waals surface area (Å²) in [4.78, 5) is 0. The van der Waals surface area contributed by atoms with Gasteiger partial charge in [-0.25, -0.2) is 4.39 Å². The molecule has 1 aliphatic heterocycles. The predicted molar refractivity (Wildman–Crippen MR) is 72.2 cm³/mol. The van der Waals surface area contributed by atoms with Crippen molar-refractivity contribution in [1.29, 1.82) is 0 Å². The molecule has 96 valence electrons. The predicted octanol–water partition coefficient (Wildman–Crippen LogP) is 4.47. The Morgan fingerprint density at radius 2 is 2.11 bits per heavy atom. The van der Waals surface area contributed by atoms with Crippen molar-refractivity contribution in [2.45, 2.75) is 25.4 Å². The second-order valence-corrected chi connectivity index (χ2v) is 5.78. The molecule has 0 aromatic heterocycles. The highest BCUT2D eigenvalue weighted by molar-refractivity contribution is 6.35. The number of hydrogen-bond acceptors (Lipinski definition) is 1. The van der Waals surface area contributed by atoms with Crippen LogP contribution in [0.5, 0.6) is 5.75 Å². The maximum Gasteiger partial charge on any atom is 0.142 e. The molecular formula is C14H13Cl2FO. The molecule has 4 heteroatoms. The van der Waals surface area contributed by atoms with Gasteiger partial charge in [-0.15, -0.1) is 6.42 Å². The Morgan fingerprint density at radius 3 is 2.67 bits per heavy atom. The third-order valence-electron chi connectivity index (χ3n) is 3.24. The number of fused-ring (bicyclic) bond motifs is 1. The summed E-state index contributed by atoms with van der Waals surface area (Å²) in [6.45, 7) is 3.22. The minimum atomic E-state index is -1.43. The molecule has 0 aliphatic carbocycles. The van der Waals surface area contributed by atoms with Crippen molar-refractivity contribution < 1.29 is 9.13 Å². The van der Waals surface area contributed by atoms with E-state index >= 15 is 0 Å². The first-order chi connectivity index (χ1) is 8.34. The number of terminal acetylenes is 1. The van der Waals surface area contributed by atoms with E-state index in [0.717, 1.165) is 0 Å². The molecule has 0 saturated carbocycles. The normalized spacial score (nSPS) is 22.9. The number of halogens is 3. The fourth-order valence-corrected chi connectivity index (χ4v) is 2.81. The van der Waals surface area contributed by atoms with Gasteiger partial charge in [-0.2, -0.15) is 0 Å². The van der Waals surface area contributed by atoms with Crippen molar-refractivity contribution in [3.63, 3.8) is 0 Å². The Hall–Kier alpha value is -0.910. The van der Waals surface area contributed by atoms with Gasteiger partial charge in [-0.05, 0) is 26.0 Å². The second kappa shape index (κ2) is 4.64. The lowest BCUT2D eigenvalue weighted by atomic mass is 9.77. The first kappa shape index (κ1) is 13.5. The van der Waals surface area contributed by atoms with Gasteiger partial charge in [0.2, 0.25) is 0 Å². The largest absolute Gasteiger partial charge is 0.491 e. The summed E-state index contributed by atoms with van der Waals surface area (Å²) in [5.41, 5.74) is -0.735. The highest BCUT2D eigenvalue weighted by Crippen LogP contribution is 2.46. The Morgan fingerprint density at radius 1 is 1.44 bits per heavy atom. The van der Waals surface area contributed by atoms with Crippen LogP contribution in [0.1, 0.15) is 25.3 Å². The third kappa shape index (κ3) is 2.30. The highest BCUT2D eigenvalue weighted by atomic mass is 35.5. The quantitative estimate of drug-likeness (QED) is 0.693. The van der Waals surface area contributed by atoms with Crippen molar-refractivity contribution in [3.05, 3.63) is 27.7 Å². The minimum absolute atomic E-state index is 0.215. The lowest BCUT2D eigenvalue weighted by Crippen LogP contribution is -2.38. The lowest BCUT2D eigenvalue weighted by Gasteiger charge is -2.36. The molecule has 0 fully saturated rings. The van der Waals surface area contributed by atoms with Crippen LogP contribution in [-0.4, -0.2) is 12.3 Å². The number of alkyl halides is 1. The fourth-order valence-electron chi connectivity index (χ4n) is 2.25. The van der Waals surface area contributed by atoms with Crippen LogP contribution < -0.4 is 4.74 Å². The summed E-state index contributed by atoms with van der Waals surface area (Å²) in [6.07, 6.45) is 5.55. The summed E-state index contributed by atoms with van der Waals surface area (Å²) in [5, 5.41) is 0.882. The van der Waals surface area contributed by atoms with Gasteiger partial charge in [0.1, 0.15) is 11.4 Å². The van der Waals surface area contributed by atoms with E-state index in [1.165, 1.54) is 13.8 Å². The first-order valence-corrected chi connectivity index (χ1v) is 6.37. The van der Waals surface area contributed by atoms with E-state index in [-0.39, 0.29) is 12.5 Å². The van der Waals surface area contributed by atoms with Crippen LogP contribution in [0.25, 0.3) is 0 Å². The zero-order valence-electron chi connectivity index (χ0n) is 10.1. The maximum atomic E-state index is 14.2. The van der Waals surface area contributed by atoms with Crippen LogP contribution in [0.15, 0.2) is 12.1 Å². The number of hydrogen-bond donors (Lipinski definition) is 0. The molecule has 0 N–H and O–H groups in total. The Labute approximate surface area is 116 Å². The molecule has 0 radical (unpaired) electrons. The van der Waals surface area contributed by atoms with E-state index in [2.05, 4.69) is 5.92 Å². The third-order valence-corrected chi connectivity index (χ3v) is 3.74. The van der Waals surface area contributed by atoms with Gasteiger partial charge in [-0.1, -0.05) is 29.1 Å². The molecule has 2 rings (SSSR count). The van der Waals surface area contributed by atoms with Crippen LogP contribution in [-0.2, 0) is 0 Å². The molecule has 1 nitrogen and oxygen atoms in total. The topological polar surface area (TPSA) is 9.23 Å². The second-order valence-electron chi connectivity index (χ2n) is 4.93. The van der Waals surface area contributed by atoms with E-state index in [9.17, 15) is 4.39 Å². The van der Waals surface area contributed by atoms with Crippen LogP contribution in [0.2, 0.25) is 10.0 Å². The summed E-state index contributed by atoms with van der Waals surface area (Å²) in [7, 11) is 0. The Bertz CT molecular complexity index is 514. The molecule has 2 atom stereocenters. The van der Waals surface area contributed by atoms with E-state index in [0.29, 0.717) is 21.4 Å². The zero-order chi connectivity index (χ0) is 13.5. The minimum Gasteiger partial charge on any atom is -0.491 e. The Balaban J connectivity index is 2.54. The molecule has 18 heavy (non-hydrogen) atoms. The number of benzene rings is 1. The summed E-state index contributed by atoms with van der Waals surface area (Å²) in [5.74, 6) is 2.36. The summed E-state index contributed by atoms with van der Waals surface area (Å²) >= 11 is 12.0. The SMILES string of the molecule is C#CC1c2cc(Cl)cc(Cl)c2OCC1C(C)(C)F. The standard InChI is InChI=1S/C14H13Cl2FO/c1-4-9-10-5-8(15)6-12(16)13(10)18-7-11(9)14(2,3)17/h1,5-6,9,11H,7H2,2-3H3. The van der Waals surface area contributed by atoms with E-state index in [1.807, 2.05) is 0 Å². The number of rotatable bonds is 1. The van der Waals surface area contributed by atoms with Gasteiger partial charge in [-0.3, -0.25) is 0 Å². The summed E-state index contributed by atoms with van der Waals surface area (Å²) in [6, 6.07) is 3.29. The molecule has 0 bridgehead atoms. The average Bonchev–Trinajstić information content (AvgIpc) is 2.25. The highest BCUT2D eigenvalue weighted by Gasteiger charge is 2.41. The van der Waals surface area contributed by atoms with Gasteiger partial charge in [0.25, 0.3) is 0 Å². The zero-order valence-corrected chi connectivity index (χ0v) is 11.6. The molecule has 0 spiro atoms. The van der Waals surface area contributed by atoms with Crippen molar-refractivity contribution in [2.75, 3.05) is 6.61 Å². The van der Waals surface area contributed by atoms with Gasteiger partial charge < -0.3 is 4.74 Å². The molecular weight excluding hydrogens is 274 g/mol.